The van der Waals surface area contributed by atoms with Gasteiger partial charge in [-0.1, -0.05) is 18.2 Å². The van der Waals surface area contributed by atoms with Crippen molar-refractivity contribution in [2.24, 2.45) is 0 Å². The topological polar surface area (TPSA) is 93.2 Å². The predicted octanol–water partition coefficient (Wildman–Crippen LogP) is 0.752. The van der Waals surface area contributed by atoms with Crippen molar-refractivity contribution >= 4 is 5.91 Å². The van der Waals surface area contributed by atoms with Gasteiger partial charge in [0.25, 0.3) is 5.56 Å². The number of hydrogen-bond donors (Lipinski definition) is 2. The molecule has 0 unspecified atom stereocenters. The highest BCUT2D eigenvalue weighted by Crippen LogP contribution is 2.25. The summed E-state index contributed by atoms with van der Waals surface area (Å²) in [6, 6.07) is 6.43. The van der Waals surface area contributed by atoms with Gasteiger partial charge in [0.15, 0.2) is 0 Å². The van der Waals surface area contributed by atoms with Crippen molar-refractivity contribution in [3.05, 3.63) is 62.9 Å². The highest BCUT2D eigenvalue weighted by atomic mass is 19.4. The van der Waals surface area contributed by atoms with Crippen molar-refractivity contribution < 1.29 is 22.7 Å². The minimum atomic E-state index is -4.84. The molecule has 0 aliphatic heterocycles. The number of ether oxygens (including phenoxy) is 1. The molecule has 0 saturated heterocycles. The van der Waals surface area contributed by atoms with Crippen LogP contribution >= 0.6 is 0 Å². The lowest BCUT2D eigenvalue weighted by Crippen LogP contribution is -2.35. The Hall–Kier alpha value is -3.04. The number of carbonyl (C=O) groups is 1. The van der Waals surface area contributed by atoms with E-state index >= 15 is 0 Å². The molecule has 24 heavy (non-hydrogen) atoms. The molecule has 1 amide bonds. The standard InChI is InChI=1S/C14H12F3N3O4/c15-14(16,17)24-10-4-2-1-3-9(10)7-18-12(22)8-20-6-5-11(21)19-13(20)23/h1-6H,7-8H2,(H,18,22)(H,19,21,23). The summed E-state index contributed by atoms with van der Waals surface area (Å²) in [6.45, 7) is -0.610. The van der Waals surface area contributed by atoms with Crippen molar-refractivity contribution in [3.63, 3.8) is 0 Å². The van der Waals surface area contributed by atoms with Gasteiger partial charge in [0.2, 0.25) is 5.91 Å². The van der Waals surface area contributed by atoms with Crippen LogP contribution in [0.15, 0.2) is 46.1 Å². The SMILES string of the molecule is O=C(Cn1ccc(=O)[nH]c1=O)NCc1ccccc1OC(F)(F)F. The normalized spacial score (nSPS) is 11.1. The molecule has 0 bridgehead atoms. The fourth-order valence-electron chi connectivity index (χ4n) is 1.85. The van der Waals surface area contributed by atoms with Gasteiger partial charge in [-0.2, -0.15) is 0 Å². The molecule has 7 nitrogen and oxygen atoms in total. The third-order valence-electron chi connectivity index (χ3n) is 2.89. The molecule has 2 N–H and O–H groups in total. The molecular weight excluding hydrogens is 331 g/mol. The van der Waals surface area contributed by atoms with Crippen molar-refractivity contribution in [2.45, 2.75) is 19.5 Å². The molecule has 0 spiro atoms. The third kappa shape index (κ3) is 5.00. The van der Waals surface area contributed by atoms with Crippen molar-refractivity contribution in [2.75, 3.05) is 0 Å². The number of amides is 1. The summed E-state index contributed by atoms with van der Waals surface area (Å²) in [5, 5.41) is 2.38. The summed E-state index contributed by atoms with van der Waals surface area (Å²) in [5.74, 6) is -1.04. The molecule has 0 radical (unpaired) electrons. The van der Waals surface area contributed by atoms with E-state index < -0.39 is 35.8 Å². The molecule has 128 valence electrons. The zero-order valence-electron chi connectivity index (χ0n) is 12.1. The lowest BCUT2D eigenvalue weighted by atomic mass is 10.2. The summed E-state index contributed by atoms with van der Waals surface area (Å²) in [6.07, 6.45) is -3.70. The molecule has 0 aliphatic rings. The number of carbonyl (C=O) groups excluding carboxylic acids is 1. The Morgan fingerprint density at radius 3 is 2.58 bits per heavy atom. The van der Waals surface area contributed by atoms with Gasteiger partial charge in [-0.3, -0.25) is 19.1 Å². The average molecular weight is 343 g/mol. The van der Waals surface area contributed by atoms with Gasteiger partial charge in [-0.15, -0.1) is 13.2 Å². The van der Waals surface area contributed by atoms with Crippen LogP contribution in [0.2, 0.25) is 0 Å². The first-order valence-corrected chi connectivity index (χ1v) is 6.65. The van der Waals surface area contributed by atoms with Gasteiger partial charge in [-0.25, -0.2) is 4.79 Å². The Kier molecular flexibility index (Phi) is 5.07. The smallest absolute Gasteiger partial charge is 0.405 e. The monoisotopic (exact) mass is 343 g/mol. The number of aromatic nitrogens is 2. The number of H-pyrrole nitrogens is 1. The molecule has 2 aromatic rings. The zero-order valence-corrected chi connectivity index (χ0v) is 12.1. The number of aromatic amines is 1. The number of benzene rings is 1. The van der Waals surface area contributed by atoms with Crippen LogP contribution in [0.25, 0.3) is 0 Å². The van der Waals surface area contributed by atoms with Gasteiger partial charge in [0.05, 0.1) is 0 Å². The van der Waals surface area contributed by atoms with E-state index in [9.17, 15) is 27.6 Å². The van der Waals surface area contributed by atoms with Gasteiger partial charge in [0, 0.05) is 24.4 Å². The van der Waals surface area contributed by atoms with Crippen LogP contribution in [0.5, 0.6) is 5.75 Å². The molecule has 0 atom stereocenters. The van der Waals surface area contributed by atoms with Crippen molar-refractivity contribution in [1.82, 2.24) is 14.9 Å². The van der Waals surface area contributed by atoms with E-state index in [2.05, 4.69) is 10.1 Å². The first kappa shape index (κ1) is 17.3. The van der Waals surface area contributed by atoms with E-state index in [1.807, 2.05) is 4.98 Å². The van der Waals surface area contributed by atoms with Gasteiger partial charge in [-0.05, 0) is 6.07 Å². The van der Waals surface area contributed by atoms with Crippen LogP contribution < -0.4 is 21.3 Å². The Morgan fingerprint density at radius 2 is 1.92 bits per heavy atom. The van der Waals surface area contributed by atoms with Gasteiger partial charge in [0.1, 0.15) is 12.3 Å². The number of hydrogen-bond acceptors (Lipinski definition) is 4. The fourth-order valence-corrected chi connectivity index (χ4v) is 1.85. The summed E-state index contributed by atoms with van der Waals surface area (Å²) in [7, 11) is 0. The van der Waals surface area contributed by atoms with Crippen molar-refractivity contribution in [3.8, 4) is 5.75 Å². The van der Waals surface area contributed by atoms with Crippen LogP contribution in [-0.4, -0.2) is 21.8 Å². The summed E-state index contributed by atoms with van der Waals surface area (Å²) in [4.78, 5) is 36.1. The molecule has 1 aromatic carbocycles. The first-order valence-electron chi connectivity index (χ1n) is 6.65. The van der Waals surface area contributed by atoms with Crippen molar-refractivity contribution in [1.29, 1.82) is 0 Å². The lowest BCUT2D eigenvalue weighted by Gasteiger charge is -2.13. The maximum Gasteiger partial charge on any atom is 0.573 e. The Morgan fingerprint density at radius 1 is 1.21 bits per heavy atom. The molecule has 1 heterocycles. The van der Waals surface area contributed by atoms with E-state index in [4.69, 9.17) is 0 Å². The van der Waals surface area contributed by atoms with Crippen LogP contribution in [0, 0.1) is 0 Å². The van der Waals surface area contributed by atoms with E-state index in [0.29, 0.717) is 0 Å². The second kappa shape index (κ2) is 7.02. The van der Waals surface area contributed by atoms with Crippen LogP contribution in [0.1, 0.15) is 5.56 Å². The molecule has 2 rings (SSSR count). The number of nitrogens with one attached hydrogen (secondary N) is 2. The van der Waals surface area contributed by atoms with Gasteiger partial charge >= 0.3 is 12.1 Å². The highest BCUT2D eigenvalue weighted by Gasteiger charge is 2.31. The maximum absolute atomic E-state index is 12.3. The first-order chi connectivity index (χ1) is 11.2. The molecular formula is C14H12F3N3O4. The second-order valence-electron chi connectivity index (χ2n) is 4.67. The van der Waals surface area contributed by atoms with Gasteiger partial charge < -0.3 is 10.1 Å². The Balaban J connectivity index is 2.02. The predicted molar refractivity (Wildman–Crippen MR) is 76.3 cm³/mol. The van der Waals surface area contributed by atoms with Crippen LogP contribution in [0.4, 0.5) is 13.2 Å². The molecule has 0 fully saturated rings. The Bertz CT molecular complexity index is 842. The summed E-state index contributed by atoms with van der Waals surface area (Å²) >= 11 is 0. The van der Waals surface area contributed by atoms with E-state index in [1.165, 1.54) is 18.2 Å². The van der Waals surface area contributed by atoms with Crippen LogP contribution in [-0.2, 0) is 17.9 Å². The zero-order chi connectivity index (χ0) is 17.7. The van der Waals surface area contributed by atoms with E-state index in [-0.39, 0.29) is 12.1 Å². The molecule has 0 saturated carbocycles. The number of para-hydroxylation sites is 1. The number of rotatable bonds is 5. The molecule has 10 heteroatoms. The quantitative estimate of drug-likeness (QED) is 0.838. The van der Waals surface area contributed by atoms with E-state index in [1.54, 1.807) is 0 Å². The third-order valence-corrected chi connectivity index (χ3v) is 2.89. The summed E-state index contributed by atoms with van der Waals surface area (Å²) in [5.41, 5.74) is -1.25. The molecule has 1 aromatic heterocycles. The number of alkyl halides is 3. The minimum Gasteiger partial charge on any atom is -0.405 e. The number of halogens is 3. The Labute approximate surface area is 132 Å². The lowest BCUT2D eigenvalue weighted by molar-refractivity contribution is -0.274. The maximum atomic E-state index is 12.3. The minimum absolute atomic E-state index is 0.122. The number of nitrogens with zero attached hydrogens (tertiary/aromatic N) is 1. The van der Waals surface area contributed by atoms with E-state index in [0.717, 1.165) is 22.9 Å². The highest BCUT2D eigenvalue weighted by molar-refractivity contribution is 5.75. The fraction of sp³-hybridized carbons (Fsp3) is 0.214. The largest absolute Gasteiger partial charge is 0.573 e. The van der Waals surface area contributed by atoms with Crippen LogP contribution in [0.3, 0.4) is 0 Å². The molecule has 0 aliphatic carbocycles. The average Bonchev–Trinajstić information content (AvgIpc) is 2.48. The second-order valence-corrected chi connectivity index (χ2v) is 4.67. The summed E-state index contributed by atoms with van der Waals surface area (Å²) < 4.78 is 41.7.